The number of amides is 1. The van der Waals surface area contributed by atoms with Crippen molar-refractivity contribution in [3.8, 4) is 0 Å². The summed E-state index contributed by atoms with van der Waals surface area (Å²) >= 11 is 0. The molecule has 0 radical (unpaired) electrons. The lowest BCUT2D eigenvalue weighted by Crippen LogP contribution is -2.16. The lowest BCUT2D eigenvalue weighted by molar-refractivity contribution is 0.102. The van der Waals surface area contributed by atoms with Crippen LogP contribution in [0.1, 0.15) is 16.2 Å². The molecule has 2 N–H and O–H groups in total. The van der Waals surface area contributed by atoms with Crippen molar-refractivity contribution in [3.05, 3.63) is 71.8 Å². The average Bonchev–Trinajstić information content (AvgIpc) is 2.63. The van der Waals surface area contributed by atoms with E-state index < -0.39 is 5.82 Å². The van der Waals surface area contributed by atoms with Crippen molar-refractivity contribution in [2.75, 3.05) is 29.6 Å². The molecule has 0 aliphatic heterocycles. The maximum Gasteiger partial charge on any atom is 0.274 e. The minimum Gasteiger partial charge on any atom is -0.378 e. The first-order valence-corrected chi connectivity index (χ1v) is 8.38. The van der Waals surface area contributed by atoms with Crippen molar-refractivity contribution < 1.29 is 9.18 Å². The Morgan fingerprint density at radius 1 is 1.04 bits per heavy atom. The van der Waals surface area contributed by atoms with E-state index in [0.29, 0.717) is 11.4 Å². The first kappa shape index (κ1) is 18.3. The molecule has 0 bridgehead atoms. The van der Waals surface area contributed by atoms with E-state index in [9.17, 15) is 9.18 Å². The summed E-state index contributed by atoms with van der Waals surface area (Å²) in [6.07, 6.45) is 0. The molecule has 0 aliphatic carbocycles. The van der Waals surface area contributed by atoms with E-state index >= 15 is 0 Å². The van der Waals surface area contributed by atoms with Crippen molar-refractivity contribution in [3.63, 3.8) is 0 Å². The van der Waals surface area contributed by atoms with E-state index in [0.717, 1.165) is 5.69 Å². The number of carbonyl (C=O) groups is 1. The summed E-state index contributed by atoms with van der Waals surface area (Å²) < 4.78 is 13.8. The number of halogens is 1. The van der Waals surface area contributed by atoms with Crippen LogP contribution in [0.15, 0.2) is 54.6 Å². The van der Waals surface area contributed by atoms with Crippen LogP contribution in [0.2, 0.25) is 0 Å². The Bertz CT molecular complexity index is 957. The van der Waals surface area contributed by atoms with Gasteiger partial charge in [-0.2, -0.15) is 0 Å². The van der Waals surface area contributed by atoms with Gasteiger partial charge in [0.1, 0.15) is 11.5 Å². The van der Waals surface area contributed by atoms with E-state index in [1.165, 1.54) is 6.07 Å². The second kappa shape index (κ2) is 7.82. The predicted octanol–water partition coefficient (Wildman–Crippen LogP) is 3.99. The third-order valence-electron chi connectivity index (χ3n) is 3.85. The van der Waals surface area contributed by atoms with Crippen LogP contribution in [-0.2, 0) is 0 Å². The van der Waals surface area contributed by atoms with Gasteiger partial charge in [0.2, 0.25) is 5.95 Å². The average molecular weight is 365 g/mol. The van der Waals surface area contributed by atoms with Crippen molar-refractivity contribution in [1.82, 2.24) is 9.97 Å². The fourth-order valence-electron chi connectivity index (χ4n) is 2.46. The van der Waals surface area contributed by atoms with Gasteiger partial charge in [-0.15, -0.1) is 0 Å². The number of aryl methyl sites for hydroxylation is 1. The molecule has 0 unspecified atom stereocenters. The summed E-state index contributed by atoms with van der Waals surface area (Å²) in [6, 6.07) is 15.2. The van der Waals surface area contributed by atoms with Crippen LogP contribution in [0, 0.1) is 12.7 Å². The molecular formula is C20H20FN5O. The molecule has 138 valence electrons. The zero-order chi connectivity index (χ0) is 19.4. The molecule has 6 nitrogen and oxygen atoms in total. The standard InChI is InChI=1S/C20H20FN5O/c1-13-12-18(19(27)23-14-8-10-15(11-9-14)26(2)3)25-20(22-13)24-17-7-5-4-6-16(17)21/h4-12H,1-3H3,(H,23,27)(H,22,24,25). The van der Waals surface area contributed by atoms with Gasteiger partial charge in [0, 0.05) is 31.2 Å². The number of hydrogen-bond acceptors (Lipinski definition) is 5. The number of anilines is 4. The highest BCUT2D eigenvalue weighted by molar-refractivity contribution is 6.03. The van der Waals surface area contributed by atoms with Gasteiger partial charge in [0.25, 0.3) is 5.91 Å². The molecule has 27 heavy (non-hydrogen) atoms. The van der Waals surface area contributed by atoms with Crippen molar-refractivity contribution >= 4 is 28.9 Å². The molecule has 1 aromatic heterocycles. The number of para-hydroxylation sites is 1. The maximum atomic E-state index is 13.8. The molecule has 0 atom stereocenters. The smallest absolute Gasteiger partial charge is 0.274 e. The zero-order valence-electron chi connectivity index (χ0n) is 15.3. The fourth-order valence-corrected chi connectivity index (χ4v) is 2.46. The highest BCUT2D eigenvalue weighted by Crippen LogP contribution is 2.19. The molecule has 0 saturated carbocycles. The number of aromatic nitrogens is 2. The third kappa shape index (κ3) is 4.58. The Morgan fingerprint density at radius 2 is 1.74 bits per heavy atom. The molecule has 7 heteroatoms. The van der Waals surface area contributed by atoms with Crippen LogP contribution >= 0.6 is 0 Å². The Kier molecular flexibility index (Phi) is 5.30. The molecule has 0 spiro atoms. The number of carbonyl (C=O) groups excluding carboxylic acids is 1. The molecule has 1 amide bonds. The molecular weight excluding hydrogens is 345 g/mol. The molecule has 1 heterocycles. The monoisotopic (exact) mass is 365 g/mol. The van der Waals surface area contributed by atoms with Crippen LogP contribution in [0.5, 0.6) is 0 Å². The number of rotatable bonds is 5. The van der Waals surface area contributed by atoms with Crippen LogP contribution in [0.4, 0.5) is 27.4 Å². The van der Waals surface area contributed by atoms with Crippen LogP contribution in [0.25, 0.3) is 0 Å². The summed E-state index contributed by atoms with van der Waals surface area (Å²) in [6.45, 7) is 1.75. The van der Waals surface area contributed by atoms with Gasteiger partial charge in [-0.05, 0) is 49.4 Å². The van der Waals surface area contributed by atoms with Gasteiger partial charge in [-0.3, -0.25) is 4.79 Å². The first-order chi connectivity index (χ1) is 12.9. The van der Waals surface area contributed by atoms with E-state index in [1.807, 2.05) is 43.3 Å². The predicted molar refractivity (Wildman–Crippen MR) is 105 cm³/mol. The SMILES string of the molecule is Cc1cc(C(=O)Nc2ccc(N(C)C)cc2)nc(Nc2ccccc2F)n1. The first-order valence-electron chi connectivity index (χ1n) is 8.38. The van der Waals surface area contributed by atoms with E-state index in [4.69, 9.17) is 0 Å². The number of nitrogens with zero attached hydrogens (tertiary/aromatic N) is 3. The number of hydrogen-bond donors (Lipinski definition) is 2. The van der Waals surface area contributed by atoms with Crippen molar-refractivity contribution in [2.45, 2.75) is 6.92 Å². The van der Waals surface area contributed by atoms with E-state index in [-0.39, 0.29) is 23.2 Å². The molecule has 0 fully saturated rings. The van der Waals surface area contributed by atoms with Crippen LogP contribution in [-0.4, -0.2) is 30.0 Å². The summed E-state index contributed by atoms with van der Waals surface area (Å²) in [5, 5.41) is 5.61. The van der Waals surface area contributed by atoms with Gasteiger partial charge < -0.3 is 15.5 Å². The topological polar surface area (TPSA) is 70.2 Å². The van der Waals surface area contributed by atoms with E-state index in [1.54, 1.807) is 31.2 Å². The summed E-state index contributed by atoms with van der Waals surface area (Å²) in [4.78, 5) is 22.9. The minimum atomic E-state index is -0.422. The largest absolute Gasteiger partial charge is 0.378 e. The molecule has 3 aromatic rings. The van der Waals surface area contributed by atoms with Gasteiger partial charge in [-0.1, -0.05) is 12.1 Å². The van der Waals surface area contributed by atoms with E-state index in [2.05, 4.69) is 20.6 Å². The lowest BCUT2D eigenvalue weighted by atomic mass is 10.2. The van der Waals surface area contributed by atoms with Gasteiger partial charge >= 0.3 is 0 Å². The summed E-state index contributed by atoms with van der Waals surface area (Å²) in [5.74, 6) is -0.627. The van der Waals surface area contributed by atoms with Crippen molar-refractivity contribution in [1.29, 1.82) is 0 Å². The van der Waals surface area contributed by atoms with Crippen LogP contribution < -0.4 is 15.5 Å². The zero-order valence-corrected chi connectivity index (χ0v) is 15.3. The highest BCUT2D eigenvalue weighted by atomic mass is 19.1. The Morgan fingerprint density at radius 3 is 2.41 bits per heavy atom. The Labute approximate surface area is 157 Å². The van der Waals surface area contributed by atoms with Gasteiger partial charge in [0.05, 0.1) is 5.69 Å². The van der Waals surface area contributed by atoms with Gasteiger partial charge in [-0.25, -0.2) is 14.4 Å². The summed E-state index contributed by atoms with van der Waals surface area (Å²) in [7, 11) is 3.89. The quantitative estimate of drug-likeness (QED) is 0.716. The van der Waals surface area contributed by atoms with Gasteiger partial charge in [0.15, 0.2) is 0 Å². The molecule has 0 aliphatic rings. The number of nitrogens with one attached hydrogen (secondary N) is 2. The second-order valence-electron chi connectivity index (χ2n) is 6.22. The van der Waals surface area contributed by atoms with Crippen LogP contribution in [0.3, 0.4) is 0 Å². The lowest BCUT2D eigenvalue weighted by Gasteiger charge is -2.13. The molecule has 0 saturated heterocycles. The Hall–Kier alpha value is -3.48. The normalized spacial score (nSPS) is 10.4. The Balaban J connectivity index is 1.78. The molecule has 3 rings (SSSR count). The maximum absolute atomic E-state index is 13.8. The number of benzene rings is 2. The summed E-state index contributed by atoms with van der Waals surface area (Å²) in [5.41, 5.74) is 2.72. The third-order valence-corrected chi connectivity index (χ3v) is 3.85. The second-order valence-corrected chi connectivity index (χ2v) is 6.22. The molecule has 2 aromatic carbocycles. The van der Waals surface area contributed by atoms with Crippen molar-refractivity contribution in [2.24, 2.45) is 0 Å². The minimum absolute atomic E-state index is 0.160. The fraction of sp³-hybridized carbons (Fsp3) is 0.150. The highest BCUT2D eigenvalue weighted by Gasteiger charge is 2.12.